The van der Waals surface area contributed by atoms with Gasteiger partial charge in [0.2, 0.25) is 0 Å². The number of benzene rings is 4. The summed E-state index contributed by atoms with van der Waals surface area (Å²) in [6.45, 7) is 17.2. The zero-order valence-electron chi connectivity index (χ0n) is 27.7. The highest BCUT2D eigenvalue weighted by Crippen LogP contribution is 2.40. The van der Waals surface area contributed by atoms with Gasteiger partial charge in [-0.3, -0.25) is 0 Å². The fourth-order valence-corrected chi connectivity index (χ4v) is 15.9. The average Bonchev–Trinajstić information content (AvgIpc) is 3.03. The van der Waals surface area contributed by atoms with Crippen LogP contribution in [0.5, 0.6) is 0 Å². The molecule has 4 aromatic rings. The molecule has 0 fully saturated rings. The number of hydrogen-bond acceptors (Lipinski definition) is 4. The van der Waals surface area contributed by atoms with Crippen molar-refractivity contribution in [1.29, 1.82) is 0 Å². The molecule has 0 heterocycles. The van der Waals surface area contributed by atoms with E-state index in [-0.39, 0.29) is 23.1 Å². The fourth-order valence-electron chi connectivity index (χ4n) is 6.62. The van der Waals surface area contributed by atoms with Crippen LogP contribution in [0.3, 0.4) is 0 Å². The van der Waals surface area contributed by atoms with Gasteiger partial charge in [0, 0.05) is 6.42 Å². The Kier molecular flexibility index (Phi) is 11.2. The molecular weight excluding hydrogens is 589 g/mol. The first kappa shape index (κ1) is 34.8. The lowest BCUT2D eigenvalue weighted by molar-refractivity contribution is -0.0188. The number of rotatable bonds is 13. The summed E-state index contributed by atoms with van der Waals surface area (Å²) in [7, 11) is -5.96. The van der Waals surface area contributed by atoms with Gasteiger partial charge < -0.3 is 19.1 Å². The van der Waals surface area contributed by atoms with Gasteiger partial charge in [0.05, 0.1) is 18.8 Å². The number of aliphatic hydroxyl groups is 2. The van der Waals surface area contributed by atoms with Gasteiger partial charge in [-0.05, 0) is 30.8 Å². The molecule has 0 saturated carbocycles. The predicted molar refractivity (Wildman–Crippen MR) is 193 cm³/mol. The van der Waals surface area contributed by atoms with Crippen LogP contribution in [0.25, 0.3) is 0 Å². The van der Waals surface area contributed by atoms with Crippen molar-refractivity contribution in [2.24, 2.45) is 0 Å². The molecule has 0 radical (unpaired) electrons. The summed E-state index contributed by atoms with van der Waals surface area (Å²) in [6.07, 6.45) is -0.877. The van der Waals surface area contributed by atoms with Crippen LogP contribution in [0, 0.1) is 0 Å². The number of hydrogen-bond donors (Lipinski definition) is 2. The van der Waals surface area contributed by atoms with Gasteiger partial charge in [-0.1, -0.05) is 169 Å². The van der Waals surface area contributed by atoms with E-state index in [9.17, 15) is 10.2 Å². The Morgan fingerprint density at radius 2 is 0.933 bits per heavy atom. The maximum absolute atomic E-state index is 12.1. The molecule has 4 aromatic carbocycles. The van der Waals surface area contributed by atoms with Gasteiger partial charge in [-0.15, -0.1) is 6.58 Å². The van der Waals surface area contributed by atoms with Crippen LogP contribution in [-0.4, -0.2) is 51.8 Å². The molecule has 0 spiro atoms. The summed E-state index contributed by atoms with van der Waals surface area (Å²) in [5.41, 5.74) is 0. The first-order valence-electron chi connectivity index (χ1n) is 15.9. The smallest absolute Gasteiger partial charge is 0.261 e. The van der Waals surface area contributed by atoms with Crippen LogP contribution in [0.15, 0.2) is 134 Å². The Labute approximate surface area is 272 Å². The monoisotopic (exact) mass is 638 g/mol. The largest absolute Gasteiger partial charge is 0.405 e. The molecule has 0 saturated heterocycles. The predicted octanol–water partition coefficient (Wildman–Crippen LogP) is 5.81. The molecule has 2 N–H and O–H groups in total. The van der Waals surface area contributed by atoms with Gasteiger partial charge >= 0.3 is 0 Å². The van der Waals surface area contributed by atoms with E-state index in [1.165, 1.54) is 6.08 Å². The maximum atomic E-state index is 12.1. The maximum Gasteiger partial charge on any atom is 0.261 e. The number of aliphatic hydroxyl groups excluding tert-OH is 2. The summed E-state index contributed by atoms with van der Waals surface area (Å²) >= 11 is 0. The molecule has 6 heteroatoms. The van der Waals surface area contributed by atoms with Gasteiger partial charge in [0.1, 0.15) is 6.10 Å². The molecular formula is C39H50O4Si2. The molecule has 0 aromatic heterocycles. The average molecular weight is 639 g/mol. The molecule has 45 heavy (non-hydrogen) atoms. The van der Waals surface area contributed by atoms with E-state index in [1.807, 2.05) is 48.5 Å². The Morgan fingerprint density at radius 1 is 0.600 bits per heavy atom. The van der Waals surface area contributed by atoms with Crippen molar-refractivity contribution in [1.82, 2.24) is 0 Å². The third-order valence-corrected chi connectivity index (χ3v) is 18.9. The highest BCUT2D eigenvalue weighted by Gasteiger charge is 2.53. The summed E-state index contributed by atoms with van der Waals surface area (Å²) in [6, 6.07) is 41.6. The van der Waals surface area contributed by atoms with Crippen molar-refractivity contribution in [3.05, 3.63) is 134 Å². The molecule has 0 bridgehead atoms. The molecule has 0 aliphatic heterocycles. The van der Waals surface area contributed by atoms with Gasteiger partial charge in [0.15, 0.2) is 0 Å². The van der Waals surface area contributed by atoms with Crippen LogP contribution in [0.4, 0.5) is 0 Å². The molecule has 0 amide bonds. The van der Waals surface area contributed by atoms with Gasteiger partial charge in [-0.2, -0.15) is 0 Å². The van der Waals surface area contributed by atoms with Crippen molar-refractivity contribution < 1.29 is 19.1 Å². The van der Waals surface area contributed by atoms with Crippen LogP contribution in [0.1, 0.15) is 48.0 Å². The van der Waals surface area contributed by atoms with E-state index >= 15 is 0 Å². The van der Waals surface area contributed by atoms with Crippen LogP contribution < -0.4 is 20.7 Å². The molecule has 0 unspecified atom stereocenters. The summed E-state index contributed by atoms with van der Waals surface area (Å²) in [4.78, 5) is 0. The lowest BCUT2D eigenvalue weighted by Crippen LogP contribution is -2.69. The molecule has 0 aliphatic rings. The lowest BCUT2D eigenvalue weighted by Gasteiger charge is -2.47. The van der Waals surface area contributed by atoms with Crippen molar-refractivity contribution in [2.45, 2.75) is 76.4 Å². The SMILES string of the molecule is C=C[C@@H](O)C[C@@H](O[Si](c1ccccc1)(c1ccccc1)C(C)(C)C)[C@@H](O)CO[Si](c1ccccc1)(c1ccccc1)C(C)(C)C. The van der Waals surface area contributed by atoms with E-state index in [4.69, 9.17) is 8.85 Å². The van der Waals surface area contributed by atoms with E-state index in [0.29, 0.717) is 0 Å². The standard InChI is InChI=1S/C39H50O4Si2/c1-8-31(40)29-37(43-45(39(5,6)7,34-25-17-11-18-26-34)35-27-19-12-20-28-35)36(41)30-42-44(38(2,3)4,32-21-13-9-14-22-32)33-23-15-10-16-24-33/h8-28,31,36-37,40-41H,1,29-30H2,2-7H3/t31-,36+,37-/m1/s1. The highest BCUT2D eigenvalue weighted by atomic mass is 28.4. The Balaban J connectivity index is 1.82. The zero-order valence-corrected chi connectivity index (χ0v) is 29.7. The fraction of sp³-hybridized carbons (Fsp3) is 0.333. The Bertz CT molecular complexity index is 1390. The Hall–Kier alpha value is -3.11. The van der Waals surface area contributed by atoms with Crippen LogP contribution >= 0.6 is 0 Å². The molecule has 4 nitrogen and oxygen atoms in total. The van der Waals surface area contributed by atoms with Crippen molar-refractivity contribution in [2.75, 3.05) is 6.61 Å². The van der Waals surface area contributed by atoms with E-state index < -0.39 is 34.9 Å². The molecule has 4 rings (SSSR count). The van der Waals surface area contributed by atoms with Crippen LogP contribution in [-0.2, 0) is 8.85 Å². The third-order valence-electron chi connectivity index (χ3n) is 8.81. The van der Waals surface area contributed by atoms with E-state index in [2.05, 4.69) is 121 Å². The second-order valence-corrected chi connectivity index (χ2v) is 22.5. The van der Waals surface area contributed by atoms with Crippen LogP contribution in [0.2, 0.25) is 10.1 Å². The van der Waals surface area contributed by atoms with E-state index in [0.717, 1.165) is 20.7 Å². The summed E-state index contributed by atoms with van der Waals surface area (Å²) in [5.74, 6) is 0. The van der Waals surface area contributed by atoms with Crippen molar-refractivity contribution in [3.63, 3.8) is 0 Å². The molecule has 3 atom stereocenters. The highest BCUT2D eigenvalue weighted by molar-refractivity contribution is 7.00. The topological polar surface area (TPSA) is 58.9 Å². The molecule has 238 valence electrons. The first-order valence-corrected chi connectivity index (χ1v) is 19.7. The quantitative estimate of drug-likeness (QED) is 0.144. The zero-order chi connectivity index (χ0) is 32.7. The minimum Gasteiger partial charge on any atom is -0.405 e. The minimum atomic E-state index is -3.04. The summed E-state index contributed by atoms with van der Waals surface area (Å²) in [5, 5.41) is 27.0. The Morgan fingerprint density at radius 3 is 1.24 bits per heavy atom. The van der Waals surface area contributed by atoms with Crippen molar-refractivity contribution in [3.8, 4) is 0 Å². The van der Waals surface area contributed by atoms with E-state index in [1.54, 1.807) is 0 Å². The normalized spacial score (nSPS) is 14.8. The second-order valence-electron chi connectivity index (χ2n) is 13.9. The summed E-state index contributed by atoms with van der Waals surface area (Å²) < 4.78 is 14.5. The minimum absolute atomic E-state index is 0.0556. The first-order chi connectivity index (χ1) is 21.4. The third kappa shape index (κ3) is 7.33. The van der Waals surface area contributed by atoms with Crippen molar-refractivity contribution >= 4 is 37.4 Å². The van der Waals surface area contributed by atoms with Gasteiger partial charge in [0.25, 0.3) is 16.6 Å². The molecule has 0 aliphatic carbocycles. The lowest BCUT2D eigenvalue weighted by atomic mass is 10.1. The van der Waals surface area contributed by atoms with Gasteiger partial charge in [-0.25, -0.2) is 0 Å². The second kappa shape index (κ2) is 14.5.